The number of hydrogen-bond donors (Lipinski definition) is 1. The topological polar surface area (TPSA) is 69.7 Å². The summed E-state index contributed by atoms with van der Waals surface area (Å²) in [6, 6.07) is 6.63. The molecule has 1 saturated heterocycles. The van der Waals surface area contributed by atoms with E-state index in [0.29, 0.717) is 32.6 Å². The average Bonchev–Trinajstić information content (AvgIpc) is 2.90. The Hall–Kier alpha value is -1.97. The second-order valence-electron chi connectivity index (χ2n) is 6.38. The van der Waals surface area contributed by atoms with Gasteiger partial charge in [-0.3, -0.25) is 0 Å². The first kappa shape index (κ1) is 19.8. The number of benzene rings is 1. The molecule has 1 aliphatic rings. The van der Waals surface area contributed by atoms with Crippen molar-refractivity contribution >= 4 is 27.4 Å². The zero-order valence-electron chi connectivity index (χ0n) is 15.0. The number of nitrogens with zero attached hydrogens (tertiary/aromatic N) is 2. The molecule has 2 heterocycles. The number of carbonyl (C=O) groups is 1. The molecule has 3 rings (SSSR count). The van der Waals surface area contributed by atoms with E-state index in [1.54, 1.807) is 16.2 Å². The highest BCUT2D eigenvalue weighted by Gasteiger charge is 2.28. The molecule has 0 spiro atoms. The van der Waals surface area contributed by atoms with Crippen LogP contribution in [0.4, 0.5) is 9.18 Å². The lowest BCUT2D eigenvalue weighted by atomic mass is 10.3. The first-order valence-corrected chi connectivity index (χ1v) is 11.0. The lowest BCUT2D eigenvalue weighted by molar-refractivity contribution is 0.200. The van der Waals surface area contributed by atoms with Crippen LogP contribution in [-0.2, 0) is 16.6 Å². The Bertz CT molecular complexity index is 897. The number of carbonyl (C=O) groups excluding carboxylic acids is 1. The van der Waals surface area contributed by atoms with Gasteiger partial charge in [-0.05, 0) is 54.6 Å². The van der Waals surface area contributed by atoms with Gasteiger partial charge in [-0.15, -0.1) is 11.3 Å². The predicted octanol–water partition coefficient (Wildman–Crippen LogP) is 2.80. The van der Waals surface area contributed by atoms with E-state index in [4.69, 9.17) is 0 Å². The summed E-state index contributed by atoms with van der Waals surface area (Å²) in [6.07, 6.45) is 0.547. The van der Waals surface area contributed by atoms with Crippen LogP contribution in [0.15, 0.2) is 40.6 Å². The van der Waals surface area contributed by atoms with Crippen molar-refractivity contribution in [2.45, 2.75) is 24.8 Å². The van der Waals surface area contributed by atoms with E-state index in [2.05, 4.69) is 5.32 Å². The smallest absolute Gasteiger partial charge is 0.317 e. The quantitative estimate of drug-likeness (QED) is 0.841. The van der Waals surface area contributed by atoms with Gasteiger partial charge in [0, 0.05) is 31.1 Å². The molecule has 1 aliphatic heterocycles. The molecule has 1 aromatic heterocycles. The third-order valence-electron chi connectivity index (χ3n) is 4.56. The number of rotatable bonds is 4. The van der Waals surface area contributed by atoms with Crippen LogP contribution in [0, 0.1) is 12.7 Å². The zero-order chi connectivity index (χ0) is 19.4. The van der Waals surface area contributed by atoms with E-state index >= 15 is 0 Å². The summed E-state index contributed by atoms with van der Waals surface area (Å²) in [5, 5.41) is 4.89. The first-order valence-electron chi connectivity index (χ1n) is 8.69. The van der Waals surface area contributed by atoms with Crippen molar-refractivity contribution in [1.82, 2.24) is 14.5 Å². The molecule has 27 heavy (non-hydrogen) atoms. The van der Waals surface area contributed by atoms with E-state index in [1.165, 1.54) is 16.4 Å². The summed E-state index contributed by atoms with van der Waals surface area (Å²) >= 11 is 1.60. The third-order valence-corrected chi connectivity index (χ3v) is 7.50. The molecule has 1 fully saturated rings. The summed E-state index contributed by atoms with van der Waals surface area (Å²) < 4.78 is 39.9. The van der Waals surface area contributed by atoms with E-state index in [-0.39, 0.29) is 17.5 Å². The molecule has 2 aromatic rings. The van der Waals surface area contributed by atoms with Gasteiger partial charge in [0.1, 0.15) is 5.82 Å². The Morgan fingerprint density at radius 2 is 1.89 bits per heavy atom. The normalized spacial score (nSPS) is 16.1. The molecule has 1 N–H and O–H groups in total. The maximum Gasteiger partial charge on any atom is 0.317 e. The third kappa shape index (κ3) is 4.66. The Balaban J connectivity index is 1.60. The van der Waals surface area contributed by atoms with Crippen molar-refractivity contribution in [2.24, 2.45) is 0 Å². The van der Waals surface area contributed by atoms with E-state index in [9.17, 15) is 17.6 Å². The van der Waals surface area contributed by atoms with E-state index in [0.717, 1.165) is 22.6 Å². The number of aryl methyl sites for hydroxylation is 1. The van der Waals surface area contributed by atoms with Crippen LogP contribution in [-0.4, -0.2) is 49.8 Å². The molecule has 1 aromatic carbocycles. The van der Waals surface area contributed by atoms with Crippen LogP contribution in [0.3, 0.4) is 0 Å². The second kappa shape index (κ2) is 8.37. The molecule has 9 heteroatoms. The maximum atomic E-state index is 13.1. The average molecular weight is 412 g/mol. The molecule has 0 atom stereocenters. The second-order valence-corrected chi connectivity index (χ2v) is 9.32. The predicted molar refractivity (Wildman–Crippen MR) is 103 cm³/mol. The van der Waals surface area contributed by atoms with Crippen LogP contribution in [0.5, 0.6) is 0 Å². The molecule has 6 nitrogen and oxygen atoms in total. The molecule has 0 bridgehead atoms. The number of hydrogen-bond acceptors (Lipinski definition) is 4. The lowest BCUT2D eigenvalue weighted by Gasteiger charge is -2.22. The van der Waals surface area contributed by atoms with Gasteiger partial charge in [0.2, 0.25) is 10.0 Å². The monoisotopic (exact) mass is 411 g/mol. The van der Waals surface area contributed by atoms with Crippen molar-refractivity contribution in [3.8, 4) is 0 Å². The highest BCUT2D eigenvalue weighted by Crippen LogP contribution is 2.19. The van der Waals surface area contributed by atoms with Gasteiger partial charge >= 0.3 is 6.03 Å². The number of urea groups is 1. The molecule has 0 radical (unpaired) electrons. The zero-order valence-corrected chi connectivity index (χ0v) is 16.7. The minimum atomic E-state index is -3.69. The van der Waals surface area contributed by atoms with E-state index in [1.807, 2.05) is 18.4 Å². The summed E-state index contributed by atoms with van der Waals surface area (Å²) in [6.45, 7) is 3.82. The minimum Gasteiger partial charge on any atom is -0.333 e. The van der Waals surface area contributed by atoms with Crippen LogP contribution in [0.2, 0.25) is 0 Å². The summed E-state index contributed by atoms with van der Waals surface area (Å²) in [4.78, 5) is 15.2. The molecular weight excluding hydrogens is 389 g/mol. The Kier molecular flexibility index (Phi) is 6.13. The van der Waals surface area contributed by atoms with Crippen LogP contribution in [0.25, 0.3) is 0 Å². The van der Waals surface area contributed by atoms with Gasteiger partial charge in [-0.2, -0.15) is 4.31 Å². The SMILES string of the molecule is Cc1ccsc1CNC(=O)N1CCCN(S(=O)(=O)c2ccc(F)cc2)CC1. The number of amides is 2. The number of sulfonamides is 1. The van der Waals surface area contributed by atoms with Gasteiger partial charge in [0.25, 0.3) is 0 Å². The highest BCUT2D eigenvalue weighted by molar-refractivity contribution is 7.89. The molecule has 0 unspecified atom stereocenters. The molecule has 2 amide bonds. The molecular formula is C18H22FN3O3S2. The number of halogens is 1. The fourth-order valence-electron chi connectivity index (χ4n) is 2.95. The Labute approximate surface area is 162 Å². The minimum absolute atomic E-state index is 0.0648. The summed E-state index contributed by atoms with van der Waals surface area (Å²) in [5.41, 5.74) is 1.15. The first-order chi connectivity index (χ1) is 12.9. The Morgan fingerprint density at radius 3 is 2.56 bits per heavy atom. The van der Waals surface area contributed by atoms with Crippen molar-refractivity contribution in [3.63, 3.8) is 0 Å². The number of thiophene rings is 1. The Morgan fingerprint density at radius 1 is 1.15 bits per heavy atom. The van der Waals surface area contributed by atoms with Gasteiger partial charge in [0.15, 0.2) is 0 Å². The molecule has 0 saturated carbocycles. The van der Waals surface area contributed by atoms with E-state index < -0.39 is 15.8 Å². The number of nitrogens with one attached hydrogen (secondary N) is 1. The van der Waals surface area contributed by atoms with Gasteiger partial charge in [-0.25, -0.2) is 17.6 Å². The van der Waals surface area contributed by atoms with Crippen LogP contribution >= 0.6 is 11.3 Å². The maximum absolute atomic E-state index is 13.1. The fraction of sp³-hybridized carbons (Fsp3) is 0.389. The van der Waals surface area contributed by atoms with Crippen molar-refractivity contribution in [2.75, 3.05) is 26.2 Å². The van der Waals surface area contributed by atoms with Crippen LogP contribution < -0.4 is 5.32 Å². The summed E-state index contributed by atoms with van der Waals surface area (Å²) in [7, 11) is -3.69. The van der Waals surface area contributed by atoms with Crippen molar-refractivity contribution in [1.29, 1.82) is 0 Å². The van der Waals surface area contributed by atoms with Gasteiger partial charge in [-0.1, -0.05) is 0 Å². The molecule has 0 aliphatic carbocycles. The largest absolute Gasteiger partial charge is 0.333 e. The molecule has 146 valence electrons. The standard InChI is InChI=1S/C18H22FN3O3S2/c1-14-7-12-26-17(14)13-20-18(23)21-8-2-9-22(11-10-21)27(24,25)16-5-3-15(19)4-6-16/h3-7,12H,2,8-11,13H2,1H3,(H,20,23). The fourth-order valence-corrected chi connectivity index (χ4v) is 5.26. The van der Waals surface area contributed by atoms with Gasteiger partial charge in [0.05, 0.1) is 11.4 Å². The lowest BCUT2D eigenvalue weighted by Crippen LogP contribution is -2.42. The highest BCUT2D eigenvalue weighted by atomic mass is 32.2. The van der Waals surface area contributed by atoms with Crippen molar-refractivity contribution < 1.29 is 17.6 Å². The van der Waals surface area contributed by atoms with Crippen molar-refractivity contribution in [3.05, 3.63) is 52.0 Å². The summed E-state index contributed by atoms with van der Waals surface area (Å²) in [5.74, 6) is -0.478. The van der Waals surface area contributed by atoms with Crippen LogP contribution in [0.1, 0.15) is 16.9 Å². The van der Waals surface area contributed by atoms with Gasteiger partial charge < -0.3 is 10.2 Å².